The van der Waals surface area contributed by atoms with Gasteiger partial charge in [0.15, 0.2) is 0 Å². The summed E-state index contributed by atoms with van der Waals surface area (Å²) in [6.45, 7) is 2.05. The lowest BCUT2D eigenvalue weighted by atomic mass is 9.87. The Labute approximate surface area is 147 Å². The molecule has 0 radical (unpaired) electrons. The fraction of sp³-hybridized carbons (Fsp3) is 0.381. The number of aliphatic hydroxyl groups excluding tert-OH is 1. The lowest BCUT2D eigenvalue weighted by molar-refractivity contribution is 0.0313. The second kappa shape index (κ2) is 6.62. The first-order valence-corrected chi connectivity index (χ1v) is 8.87. The summed E-state index contributed by atoms with van der Waals surface area (Å²) in [7, 11) is 1.56. The Morgan fingerprint density at radius 2 is 2.04 bits per heavy atom. The van der Waals surface area contributed by atoms with Gasteiger partial charge in [-0.2, -0.15) is 0 Å². The summed E-state index contributed by atoms with van der Waals surface area (Å²) in [6, 6.07) is 14.9. The fourth-order valence-corrected chi connectivity index (χ4v) is 4.05. The van der Waals surface area contributed by atoms with Gasteiger partial charge < -0.3 is 14.7 Å². The second-order valence-corrected chi connectivity index (χ2v) is 6.71. The number of hydrogen-bond acceptors (Lipinski definition) is 4. The molecule has 2 bridgehead atoms. The van der Waals surface area contributed by atoms with Crippen LogP contribution < -0.4 is 0 Å². The Bertz CT molecular complexity index is 855. The number of benzene rings is 2. The normalized spacial score (nSPS) is 26.4. The van der Waals surface area contributed by atoms with Crippen molar-refractivity contribution < 1.29 is 14.7 Å². The molecule has 1 saturated heterocycles. The van der Waals surface area contributed by atoms with E-state index in [1.165, 1.54) is 21.9 Å². The molecular weight excluding hydrogens is 314 g/mol. The van der Waals surface area contributed by atoms with Gasteiger partial charge >= 0.3 is 0 Å². The summed E-state index contributed by atoms with van der Waals surface area (Å²) in [5, 5.41) is 17.1. The summed E-state index contributed by atoms with van der Waals surface area (Å²) in [5.41, 5.74) is 4.26. The van der Waals surface area contributed by atoms with E-state index in [0.717, 1.165) is 24.1 Å². The van der Waals surface area contributed by atoms with Gasteiger partial charge in [0.2, 0.25) is 0 Å². The molecule has 0 aliphatic carbocycles. The van der Waals surface area contributed by atoms with Crippen molar-refractivity contribution >= 4 is 22.1 Å². The third kappa shape index (κ3) is 2.86. The van der Waals surface area contributed by atoms with Gasteiger partial charge in [-0.25, -0.2) is 0 Å². The number of oxime groups is 1. The van der Waals surface area contributed by atoms with Gasteiger partial charge in [0.25, 0.3) is 0 Å². The van der Waals surface area contributed by atoms with E-state index in [1.54, 1.807) is 7.11 Å². The SMILES string of the molecule is CCC(=NOC)C1=C(c2ccc3ccccc3c2)CC2CC(O)[C@@H]1O2. The van der Waals surface area contributed by atoms with Crippen molar-refractivity contribution in [2.45, 2.75) is 44.5 Å². The van der Waals surface area contributed by atoms with E-state index >= 15 is 0 Å². The Kier molecular flexibility index (Phi) is 4.32. The van der Waals surface area contributed by atoms with Crippen LogP contribution in [0.25, 0.3) is 16.3 Å². The summed E-state index contributed by atoms with van der Waals surface area (Å²) in [6.07, 6.45) is 1.49. The first-order chi connectivity index (χ1) is 12.2. The monoisotopic (exact) mass is 337 g/mol. The van der Waals surface area contributed by atoms with Crippen LogP contribution in [0, 0.1) is 0 Å². The average molecular weight is 337 g/mol. The lowest BCUT2D eigenvalue weighted by Gasteiger charge is -2.28. The minimum Gasteiger partial charge on any atom is -0.399 e. The molecule has 0 saturated carbocycles. The molecule has 0 spiro atoms. The highest BCUT2D eigenvalue weighted by Crippen LogP contribution is 2.42. The third-order valence-electron chi connectivity index (χ3n) is 5.18. The second-order valence-electron chi connectivity index (χ2n) is 6.71. The third-order valence-corrected chi connectivity index (χ3v) is 5.18. The molecule has 25 heavy (non-hydrogen) atoms. The van der Waals surface area contributed by atoms with Crippen molar-refractivity contribution in [3.63, 3.8) is 0 Å². The van der Waals surface area contributed by atoms with E-state index < -0.39 is 6.10 Å². The summed E-state index contributed by atoms with van der Waals surface area (Å²) in [4.78, 5) is 5.06. The first kappa shape index (κ1) is 16.3. The zero-order valence-corrected chi connectivity index (χ0v) is 14.6. The van der Waals surface area contributed by atoms with Crippen LogP contribution in [0.15, 0.2) is 53.2 Å². The van der Waals surface area contributed by atoms with Gasteiger partial charge in [0.05, 0.1) is 17.9 Å². The fourth-order valence-electron chi connectivity index (χ4n) is 4.05. The first-order valence-electron chi connectivity index (χ1n) is 8.87. The maximum absolute atomic E-state index is 10.5. The Hall–Kier alpha value is -2.17. The van der Waals surface area contributed by atoms with Crippen molar-refractivity contribution in [2.75, 3.05) is 7.11 Å². The molecule has 4 nitrogen and oxygen atoms in total. The van der Waals surface area contributed by atoms with Crippen LogP contribution in [-0.2, 0) is 9.57 Å². The smallest absolute Gasteiger partial charge is 0.111 e. The van der Waals surface area contributed by atoms with Gasteiger partial charge in [0, 0.05) is 12.0 Å². The minimum absolute atomic E-state index is 0.0749. The van der Waals surface area contributed by atoms with Crippen molar-refractivity contribution in [3.05, 3.63) is 53.6 Å². The highest BCUT2D eigenvalue weighted by molar-refractivity contribution is 6.08. The molecule has 4 rings (SSSR count). The largest absolute Gasteiger partial charge is 0.399 e. The lowest BCUT2D eigenvalue weighted by Crippen LogP contribution is -2.31. The topological polar surface area (TPSA) is 51.0 Å². The van der Waals surface area contributed by atoms with Crippen LogP contribution in [-0.4, -0.2) is 36.2 Å². The molecule has 1 fully saturated rings. The average Bonchev–Trinajstić information content (AvgIpc) is 2.94. The van der Waals surface area contributed by atoms with Crippen LogP contribution in [0.4, 0.5) is 0 Å². The number of fused-ring (bicyclic) bond motifs is 3. The molecule has 2 aliphatic rings. The zero-order chi connectivity index (χ0) is 17.4. The van der Waals surface area contributed by atoms with Crippen molar-refractivity contribution in [3.8, 4) is 0 Å². The predicted octanol–water partition coefficient (Wildman–Crippen LogP) is 3.93. The summed E-state index contributed by atoms with van der Waals surface area (Å²) < 4.78 is 6.05. The summed E-state index contributed by atoms with van der Waals surface area (Å²) >= 11 is 0. The van der Waals surface area contributed by atoms with E-state index in [2.05, 4.69) is 54.5 Å². The molecule has 1 N–H and O–H groups in total. The molecule has 2 heterocycles. The van der Waals surface area contributed by atoms with Crippen LogP contribution in [0.3, 0.4) is 0 Å². The van der Waals surface area contributed by atoms with Gasteiger partial charge in [0.1, 0.15) is 13.2 Å². The van der Waals surface area contributed by atoms with Crippen molar-refractivity contribution in [1.82, 2.24) is 0 Å². The van der Waals surface area contributed by atoms with E-state index in [0.29, 0.717) is 6.42 Å². The molecule has 0 amide bonds. The number of hydrogen-bond donors (Lipinski definition) is 1. The van der Waals surface area contributed by atoms with Crippen molar-refractivity contribution in [2.24, 2.45) is 5.16 Å². The van der Waals surface area contributed by atoms with Crippen LogP contribution in [0.2, 0.25) is 0 Å². The number of aliphatic hydroxyl groups is 1. The highest BCUT2D eigenvalue weighted by atomic mass is 16.6. The minimum atomic E-state index is -0.480. The van der Waals surface area contributed by atoms with E-state index in [4.69, 9.17) is 9.57 Å². The van der Waals surface area contributed by atoms with Crippen molar-refractivity contribution in [1.29, 1.82) is 0 Å². The maximum atomic E-state index is 10.5. The quantitative estimate of drug-likeness (QED) is 0.679. The van der Waals surface area contributed by atoms with Gasteiger partial charge in [-0.05, 0) is 40.8 Å². The standard InChI is InChI=1S/C21H23NO3/c1-3-18(22-24-2)20-17(11-16-12-19(23)21(20)25-16)15-9-8-13-6-4-5-7-14(13)10-15/h4-10,16,19,21,23H,3,11-12H2,1-2H3/t16?,19?,21-/m0/s1. The molecule has 130 valence electrons. The van der Waals surface area contributed by atoms with Crippen LogP contribution in [0.1, 0.15) is 31.7 Å². The molecule has 2 aromatic carbocycles. The molecule has 4 heteroatoms. The molecule has 2 unspecified atom stereocenters. The highest BCUT2D eigenvalue weighted by Gasteiger charge is 2.43. The zero-order valence-electron chi connectivity index (χ0n) is 14.6. The molecule has 2 aliphatic heterocycles. The molecular formula is C21H23NO3. The van der Waals surface area contributed by atoms with E-state index in [-0.39, 0.29) is 12.2 Å². The maximum Gasteiger partial charge on any atom is 0.111 e. The Balaban J connectivity index is 1.89. The van der Waals surface area contributed by atoms with Gasteiger partial charge in [-0.15, -0.1) is 0 Å². The van der Waals surface area contributed by atoms with Gasteiger partial charge in [-0.1, -0.05) is 48.5 Å². The van der Waals surface area contributed by atoms with E-state index in [9.17, 15) is 5.11 Å². The Morgan fingerprint density at radius 1 is 1.24 bits per heavy atom. The predicted molar refractivity (Wildman–Crippen MR) is 99.5 cm³/mol. The van der Waals surface area contributed by atoms with Crippen LogP contribution in [0.5, 0.6) is 0 Å². The van der Waals surface area contributed by atoms with Crippen LogP contribution >= 0.6 is 0 Å². The molecule has 2 aromatic rings. The molecule has 0 aromatic heterocycles. The number of ether oxygens (including phenoxy) is 1. The van der Waals surface area contributed by atoms with Gasteiger partial charge in [-0.3, -0.25) is 0 Å². The summed E-state index contributed by atoms with van der Waals surface area (Å²) in [5.74, 6) is 0. The number of rotatable bonds is 4. The molecule has 3 atom stereocenters. The number of nitrogens with zero attached hydrogens (tertiary/aromatic N) is 1. The van der Waals surface area contributed by atoms with E-state index in [1.807, 2.05) is 0 Å². The Morgan fingerprint density at radius 3 is 2.80 bits per heavy atom.